The van der Waals surface area contributed by atoms with Gasteiger partial charge in [-0.05, 0) is 43.5 Å². The van der Waals surface area contributed by atoms with Crippen LogP contribution in [0.3, 0.4) is 0 Å². The number of rotatable bonds is 16. The number of aliphatic hydroxyl groups excluding tert-OH is 16. The lowest BCUT2D eigenvalue weighted by molar-refractivity contribution is -0.205. The zero-order valence-electron chi connectivity index (χ0n) is 58.2. The van der Waals surface area contributed by atoms with E-state index in [1.54, 1.807) is 0 Å². The fraction of sp³-hybridized carbons (Fsp3) is 0.408. The first kappa shape index (κ1) is 85.6. The highest BCUT2D eigenvalue weighted by Crippen LogP contribution is 2.55. The predicted octanol–water partition coefficient (Wildman–Crippen LogP) is 4.76. The zero-order chi connectivity index (χ0) is 84.0. The Morgan fingerprint density at radius 1 is 0.310 bits per heavy atom. The number of thioether (sulfide) groups is 4. The van der Waals surface area contributed by atoms with E-state index in [1.165, 1.54) is 11.9 Å². The number of H-pyrrole nitrogens is 2. The van der Waals surface area contributed by atoms with Gasteiger partial charge in [0, 0.05) is 69.2 Å². The number of fused-ring (bicyclic) bond motifs is 11. The van der Waals surface area contributed by atoms with E-state index in [-0.39, 0.29) is 47.0 Å². The highest BCUT2D eigenvalue weighted by molar-refractivity contribution is 8.00. The minimum Gasteiger partial charge on any atom is -0.394 e. The summed E-state index contributed by atoms with van der Waals surface area (Å²) in [5.74, 6) is -42.2. The molecule has 626 valence electrons. The molecule has 5 fully saturated rings. The molecule has 0 amide bonds. The van der Waals surface area contributed by atoms with Crippen LogP contribution in [0.1, 0.15) is 34.6 Å². The van der Waals surface area contributed by atoms with Crippen molar-refractivity contribution in [1.29, 1.82) is 0 Å². The summed E-state index contributed by atoms with van der Waals surface area (Å²) in [6, 6.07) is 2.71. The van der Waals surface area contributed by atoms with Crippen molar-refractivity contribution in [3.8, 4) is 44.5 Å². The molecule has 18 N–H and O–H groups in total. The monoisotopic (exact) mass is 1740 g/mol. The molecular weight excluding hydrogens is 1680 g/mol. The minimum absolute atomic E-state index is 0.348. The van der Waals surface area contributed by atoms with Crippen LogP contribution in [0.2, 0.25) is 0 Å². The molecule has 8 bridgehead atoms. The summed E-state index contributed by atoms with van der Waals surface area (Å²) in [4.78, 5) is 8.38. The number of benzene rings is 4. The van der Waals surface area contributed by atoms with E-state index in [2.05, 4.69) is 19.9 Å². The van der Waals surface area contributed by atoms with Crippen LogP contribution in [0.15, 0.2) is 43.8 Å². The summed E-state index contributed by atoms with van der Waals surface area (Å²) in [5.41, 5.74) is -29.3. The third kappa shape index (κ3) is 14.2. The third-order valence-corrected chi connectivity index (χ3v) is 25.6. The van der Waals surface area contributed by atoms with Gasteiger partial charge in [0.2, 0.25) is 0 Å². The highest BCUT2D eigenvalue weighted by atomic mass is 32.2. The van der Waals surface area contributed by atoms with Gasteiger partial charge in [0.15, 0.2) is 93.1 Å². The third-order valence-electron chi connectivity index (χ3n) is 20.8. The van der Waals surface area contributed by atoms with Gasteiger partial charge in [-0.25, -0.2) is 75.2 Å². The molecule has 0 aliphatic carbocycles. The maximum absolute atomic E-state index is 18.0. The molecule has 0 spiro atoms. The second-order valence-corrected chi connectivity index (χ2v) is 32.1. The van der Waals surface area contributed by atoms with Crippen LogP contribution in [-0.4, -0.2) is 273 Å². The fourth-order valence-corrected chi connectivity index (χ4v) is 19.3. The van der Waals surface area contributed by atoms with Gasteiger partial charge in [-0.15, -0.1) is 0 Å². The average molecular weight is 1740 g/mol. The number of nitrogens with one attached hydrogen (secondary N) is 2. The standard InChI is InChI=1S/C71H61F16N5O20S4/c1-92-8-14-15(9-92)51-29(33-40(78)48(86)67(49(87)41(33)79)116-71-63(108)59(104)55(100)25(13-96)112-71)21-7-5-19(90-21)27(31-36(74)44(82)65(45(83)37(31)75)114-69-61(106)57(102)53(98)23(11-94)110-69)17-3-2-16(88-17)26(30-34(72)42(80)64(43(81)35(30)73)113-68-60(105)56(101)52(97)22(10-93)109-68)18-4-6-20(89-18)28(50(14)91-51)32-38(76)46(84)66(47(85)39(32)77)115-70-62(107)58(103)54(99)24(12-95)111-70/h2-7,14-15,22-25,52-63,68-71,89-90,93-108H,8-13H2,1H3/t14?,15?,22-,23-,24-,25-,52-,53-,54-,55-,56+,57+,58+,59+,60-,61-,62-,63-,68+,69+,70+,71+/m1/s1. The second-order valence-electron chi connectivity index (χ2n) is 27.7. The van der Waals surface area contributed by atoms with Gasteiger partial charge in [0.05, 0.1) is 91.0 Å². The Morgan fingerprint density at radius 2 is 0.526 bits per heavy atom. The van der Waals surface area contributed by atoms with Gasteiger partial charge < -0.3 is 116 Å². The summed E-state index contributed by atoms with van der Waals surface area (Å²) < 4.78 is 303. The molecule has 2 unspecified atom stereocenters. The lowest BCUT2D eigenvalue weighted by Crippen LogP contribution is -2.57. The molecule has 25 nitrogen and oxygen atoms in total. The van der Waals surface area contributed by atoms with Gasteiger partial charge in [0.1, 0.15) is 119 Å². The highest BCUT2D eigenvalue weighted by Gasteiger charge is 2.52. The molecule has 0 radical (unpaired) electrons. The van der Waals surface area contributed by atoms with Gasteiger partial charge in [-0.3, -0.25) is 4.98 Å². The smallest absolute Gasteiger partial charge is 0.176 e. The van der Waals surface area contributed by atoms with E-state index in [4.69, 9.17) is 18.9 Å². The number of nitrogens with zero attached hydrogens (tertiary/aromatic N) is 3. The topological polar surface area (TPSA) is 421 Å². The van der Waals surface area contributed by atoms with E-state index < -0.39 is 373 Å². The lowest BCUT2D eigenvalue weighted by Gasteiger charge is -2.39. The van der Waals surface area contributed by atoms with Crippen molar-refractivity contribution < 1.29 is 171 Å². The number of aliphatic hydroxyl groups is 16. The van der Waals surface area contributed by atoms with Crippen LogP contribution < -0.4 is 0 Å². The first-order valence-electron chi connectivity index (χ1n) is 34.4. The molecule has 10 heterocycles. The molecule has 4 aromatic carbocycles. The molecule has 3 aromatic heterocycles. The summed E-state index contributed by atoms with van der Waals surface area (Å²) in [7, 11) is 1.32. The Kier molecular flexibility index (Phi) is 24.3. The molecule has 22 atom stereocenters. The number of likely N-dealkylation sites (N-methyl/N-ethyl adjacent to an activating group) is 1. The van der Waals surface area contributed by atoms with Crippen molar-refractivity contribution in [2.75, 3.05) is 46.6 Å². The molecule has 116 heavy (non-hydrogen) atoms. The van der Waals surface area contributed by atoms with E-state index in [1.807, 2.05) is 0 Å². The molecule has 14 rings (SSSR count). The SMILES string of the molecule is CN1CC2c3nc(c(-c4c(F)c(F)c(S[C@@H]5O[C@H](CO)[C@@H](O)[C@H](O)[C@H]5O)c(F)c4F)c4ccc([nH]4)c(-c4c(F)c(F)c(S[C@@H]5O[C@H](CO)[C@@H](O)[C@H](O)[C@H]5O)c(F)c4F)c4nc(c(-c5c(F)c(F)c(S[C@@H]6O[C@H](CO)[C@@H](O)[C@H](O)[C@H]6O)c(F)c5F)c5ccc([nH]5)c3-c3c(F)c(F)c(S[C@@H]5O[C@H](CO)[C@@H](O)[C@H](O)[C@H]5O)c(F)c3F)C=C4)C2C1. The number of hydrogen-bond donors (Lipinski definition) is 18. The summed E-state index contributed by atoms with van der Waals surface area (Å²) in [5, 5.41) is 167. The molecule has 7 aromatic rings. The van der Waals surface area contributed by atoms with Crippen molar-refractivity contribution in [2.45, 2.75) is 151 Å². The lowest BCUT2D eigenvalue weighted by atomic mass is 9.86. The van der Waals surface area contributed by atoms with Crippen LogP contribution in [-0.2, 0) is 18.9 Å². The van der Waals surface area contributed by atoms with Crippen molar-refractivity contribution in [1.82, 2.24) is 24.8 Å². The quantitative estimate of drug-likeness (QED) is 0.0458. The van der Waals surface area contributed by atoms with E-state index in [0.717, 1.165) is 0 Å². The van der Waals surface area contributed by atoms with Crippen LogP contribution in [0.5, 0.6) is 0 Å². The molecule has 0 saturated carbocycles. The zero-order valence-corrected chi connectivity index (χ0v) is 61.5. The number of hydrogen-bond acceptors (Lipinski definition) is 27. The number of likely N-dealkylation sites (tertiary alicyclic amines) is 1. The first-order valence-corrected chi connectivity index (χ1v) is 38.0. The number of halogens is 16. The van der Waals surface area contributed by atoms with Crippen molar-refractivity contribution in [3.05, 3.63) is 140 Å². The van der Waals surface area contributed by atoms with Gasteiger partial charge in [0.25, 0.3) is 0 Å². The molecule has 45 heteroatoms. The Labute approximate surface area is 656 Å². The maximum Gasteiger partial charge on any atom is 0.176 e. The first-order chi connectivity index (χ1) is 54.9. The van der Waals surface area contributed by atoms with E-state index in [0.29, 0.717) is 36.4 Å². The Morgan fingerprint density at radius 3 is 0.750 bits per heavy atom. The molecule has 7 aliphatic heterocycles. The fourth-order valence-electron chi connectivity index (χ4n) is 14.8. The van der Waals surface area contributed by atoms with Crippen LogP contribution in [0, 0.1) is 93.1 Å². The molecular formula is C71H61F16N5O20S4. The van der Waals surface area contributed by atoms with Crippen molar-refractivity contribution >= 4 is 81.3 Å². The maximum atomic E-state index is 18.0. The van der Waals surface area contributed by atoms with E-state index >= 15 is 70.2 Å². The average Bonchev–Trinajstić information content (AvgIpc) is 1.54. The number of aromatic nitrogens is 4. The molecule has 5 saturated heterocycles. The summed E-state index contributed by atoms with van der Waals surface area (Å²) in [6.07, 6.45) is -32.8. The Hall–Kier alpha value is -6.82. The van der Waals surface area contributed by atoms with Crippen molar-refractivity contribution in [3.63, 3.8) is 0 Å². The Balaban J connectivity index is 1.11. The second kappa shape index (κ2) is 33.0. The van der Waals surface area contributed by atoms with E-state index in [9.17, 15) is 81.7 Å². The van der Waals surface area contributed by atoms with Crippen LogP contribution in [0.4, 0.5) is 70.2 Å². The van der Waals surface area contributed by atoms with Gasteiger partial charge in [-0.1, -0.05) is 47.0 Å². The van der Waals surface area contributed by atoms with Crippen molar-refractivity contribution in [2.24, 2.45) is 0 Å². The van der Waals surface area contributed by atoms with Gasteiger partial charge >= 0.3 is 0 Å². The normalized spacial score (nSPS) is 30.3. The number of ether oxygens (including phenoxy) is 4. The molecule has 7 aliphatic rings. The largest absolute Gasteiger partial charge is 0.394 e. The summed E-state index contributed by atoms with van der Waals surface area (Å²) >= 11 is -1.42. The Bertz CT molecular complexity index is 4870. The van der Waals surface area contributed by atoms with Crippen LogP contribution >= 0.6 is 47.0 Å². The number of aromatic amines is 2. The predicted molar refractivity (Wildman–Crippen MR) is 372 cm³/mol. The van der Waals surface area contributed by atoms with Gasteiger partial charge in [-0.2, -0.15) is 0 Å². The summed E-state index contributed by atoms with van der Waals surface area (Å²) in [6.45, 7) is -5.55. The minimum atomic E-state index is -2.47. The van der Waals surface area contributed by atoms with Crippen LogP contribution in [0.25, 0.3) is 78.7 Å².